The molecule has 0 N–H and O–H groups in total. The second-order valence-corrected chi connectivity index (χ2v) is 18.2. The monoisotopic (exact) mass is 908 g/mol. The van der Waals surface area contributed by atoms with Crippen molar-refractivity contribution in [2.24, 2.45) is 0 Å². The van der Waals surface area contributed by atoms with Crippen molar-refractivity contribution in [3.05, 3.63) is 170 Å². The van der Waals surface area contributed by atoms with Crippen LogP contribution >= 0.6 is 0 Å². The summed E-state index contributed by atoms with van der Waals surface area (Å²) >= 11 is 0.729. The molecule has 0 spiro atoms. The van der Waals surface area contributed by atoms with Crippen LogP contribution in [-0.2, 0) is 65.7 Å². The molecule has 0 nitrogen and oxygen atoms in total. The molecular weight excluding hydrogens is 865 g/mol. The van der Waals surface area contributed by atoms with Gasteiger partial charge in [-0.15, -0.1) is 11.6 Å². The predicted octanol–water partition coefficient (Wildman–Crippen LogP) is 7.78. The van der Waals surface area contributed by atoms with Gasteiger partial charge in [0.05, 0.1) is 0 Å². The minimum absolute atomic E-state index is 0. The van der Waals surface area contributed by atoms with Crippen LogP contribution in [0.15, 0.2) is 97.1 Å². The van der Waals surface area contributed by atoms with Gasteiger partial charge >= 0.3 is 137 Å². The number of allylic oxidation sites excluding steroid dienone is 2. The normalized spacial score (nSPS) is 15.0. The average molecular weight is 911 g/mol. The Labute approximate surface area is 366 Å². The molecule has 0 aliphatic heterocycles. The van der Waals surface area contributed by atoms with Gasteiger partial charge < -0.3 is 24.8 Å². The number of halogens is 8. The van der Waals surface area contributed by atoms with E-state index in [1.54, 1.807) is 0 Å². The molecule has 0 heterocycles. The van der Waals surface area contributed by atoms with Crippen molar-refractivity contribution in [1.82, 2.24) is 0 Å². The first kappa shape index (κ1) is 47.3. The van der Waals surface area contributed by atoms with Crippen molar-refractivity contribution >= 4 is 15.4 Å². The van der Waals surface area contributed by atoms with E-state index in [9.17, 15) is 26.3 Å². The fourth-order valence-corrected chi connectivity index (χ4v) is 8.21. The Morgan fingerprint density at radius 1 is 0.707 bits per heavy atom. The van der Waals surface area contributed by atoms with E-state index in [1.807, 2.05) is 0 Å². The van der Waals surface area contributed by atoms with Crippen LogP contribution in [0.5, 0.6) is 0 Å². The second kappa shape index (κ2) is 17.3. The number of benzene rings is 4. The van der Waals surface area contributed by atoms with Gasteiger partial charge in [0.25, 0.3) is 0 Å². The van der Waals surface area contributed by atoms with Crippen molar-refractivity contribution in [1.29, 1.82) is 0 Å². The maximum atomic E-state index is 12.7. The molecule has 58 heavy (non-hydrogen) atoms. The number of aryl methyl sites for hydroxylation is 1. The predicted molar refractivity (Wildman–Crippen MR) is 214 cm³/mol. The van der Waals surface area contributed by atoms with Crippen molar-refractivity contribution in [2.75, 3.05) is 0 Å². The summed E-state index contributed by atoms with van der Waals surface area (Å²) < 4.78 is 76.7. The Morgan fingerprint density at radius 3 is 1.69 bits per heavy atom. The fourth-order valence-electron chi connectivity index (χ4n) is 7.45. The van der Waals surface area contributed by atoms with E-state index in [0.717, 1.165) is 61.3 Å². The summed E-state index contributed by atoms with van der Waals surface area (Å²) in [5, 5.41) is 0. The topological polar surface area (TPSA) is 0 Å². The molecule has 0 saturated carbocycles. The van der Waals surface area contributed by atoms with Gasteiger partial charge in [-0.3, -0.25) is 6.08 Å². The Balaban J connectivity index is 0.000000201. The van der Waals surface area contributed by atoms with Crippen molar-refractivity contribution in [3.8, 4) is 11.1 Å². The van der Waals surface area contributed by atoms with Gasteiger partial charge in [-0.05, 0) is 45.9 Å². The van der Waals surface area contributed by atoms with Crippen LogP contribution in [0.4, 0.5) is 26.3 Å². The zero-order valence-electron chi connectivity index (χ0n) is 33.8. The Morgan fingerprint density at radius 2 is 1.22 bits per heavy atom. The first-order valence-corrected chi connectivity index (χ1v) is 20.1. The molecular formula is C49H46Cl2F6Zr-2. The summed E-state index contributed by atoms with van der Waals surface area (Å²) in [5.41, 5.74) is 13.8. The average Bonchev–Trinajstić information content (AvgIpc) is 3.90. The molecule has 0 amide bonds. The minimum Gasteiger partial charge on any atom is -1.00 e. The molecule has 8 rings (SSSR count). The third-order valence-corrected chi connectivity index (χ3v) is 12.3. The molecule has 0 bridgehead atoms. The summed E-state index contributed by atoms with van der Waals surface area (Å²) in [7, 11) is 0. The maximum Gasteiger partial charge on any atom is -1.00 e. The molecule has 0 saturated heterocycles. The van der Waals surface area contributed by atoms with Crippen LogP contribution in [-0.4, -0.2) is 3.21 Å². The van der Waals surface area contributed by atoms with Crippen LogP contribution in [0.25, 0.3) is 23.3 Å². The Bertz CT molecular complexity index is 2230. The summed E-state index contributed by atoms with van der Waals surface area (Å²) in [4.78, 5) is 0. The standard InChI is InChI=1S/C23H21.C15H8F6.C11H17.2ClH.Zr/c1-22(2)7-5-14-10-18-16(12-20(14)22)9-17-13-21-15(11-19(17)18)6-8-23(21,3)4;16-14(17,18)12-5-1-3-10(8-12)7-11-4-2-6-13(9-11)15(19,20)21;1-5-9-6-7-10(8-9)11(2,3)4;;;/h5-7,10-13H,9H2,1-4H3;1-6,8-9H;6-8H,5H2,1-4H3;2*1H;/q-1;;-1;;;+2/p-2. The van der Waals surface area contributed by atoms with Crippen LogP contribution in [0, 0.1) is 6.08 Å². The van der Waals surface area contributed by atoms with Crippen LogP contribution in [0.1, 0.15) is 122 Å². The molecule has 3 aliphatic rings. The van der Waals surface area contributed by atoms with E-state index in [1.165, 1.54) is 79.9 Å². The van der Waals surface area contributed by atoms with Crippen LogP contribution < -0.4 is 24.8 Å². The van der Waals surface area contributed by atoms with Gasteiger partial charge in [0.15, 0.2) is 0 Å². The Hall–Kier alpha value is -3.38. The van der Waals surface area contributed by atoms with Crippen LogP contribution in [0.2, 0.25) is 0 Å². The molecule has 0 fully saturated rings. The van der Waals surface area contributed by atoms with Gasteiger partial charge in [0, 0.05) is 5.41 Å². The largest absolute Gasteiger partial charge is 1.00 e. The number of alkyl halides is 6. The van der Waals surface area contributed by atoms with Gasteiger partial charge in [-0.2, -0.15) is 28.8 Å². The zero-order valence-corrected chi connectivity index (χ0v) is 37.8. The maximum absolute atomic E-state index is 12.7. The van der Waals surface area contributed by atoms with Gasteiger partial charge in [0.2, 0.25) is 0 Å². The smallest absolute Gasteiger partial charge is 1.00 e. The van der Waals surface area contributed by atoms with Gasteiger partial charge in [-0.1, -0.05) is 96.9 Å². The molecule has 0 aromatic heterocycles. The molecule has 304 valence electrons. The fraction of sp³-hybridized carbons (Fsp3) is 0.306. The first-order valence-electron chi connectivity index (χ1n) is 18.8. The molecule has 0 atom stereocenters. The van der Waals surface area contributed by atoms with Crippen molar-refractivity contribution in [2.45, 2.75) is 96.8 Å². The van der Waals surface area contributed by atoms with E-state index in [2.05, 4.69) is 122 Å². The third kappa shape index (κ3) is 10.1. The first-order chi connectivity index (χ1) is 26.0. The van der Waals surface area contributed by atoms with E-state index >= 15 is 0 Å². The summed E-state index contributed by atoms with van der Waals surface area (Å²) in [5.74, 6) is 0. The molecule has 5 aromatic rings. The van der Waals surface area contributed by atoms with Crippen LogP contribution in [0.3, 0.4) is 0 Å². The summed E-state index contributed by atoms with van der Waals surface area (Å²) in [6.07, 6.45) is 3.54. The van der Waals surface area contributed by atoms with E-state index in [-0.39, 0.29) is 46.8 Å². The summed E-state index contributed by atoms with van der Waals surface area (Å²) in [6, 6.07) is 25.6. The van der Waals surface area contributed by atoms with Crippen molar-refractivity contribution < 1.29 is 75.4 Å². The molecule has 0 unspecified atom stereocenters. The van der Waals surface area contributed by atoms with Gasteiger partial charge in [-0.25, -0.2) is 12.1 Å². The molecule has 9 heteroatoms. The number of hydrogen-bond acceptors (Lipinski definition) is 0. The quantitative estimate of drug-likeness (QED) is 0.126. The second-order valence-electron chi connectivity index (χ2n) is 17.0. The minimum atomic E-state index is -4.49. The SMILES string of the molecule is CC1(C)[C-]=Cc2cc3c(cc21)Cc1cc2c(cc1-3)C=CC2(C)C.CCc1cc(C(C)(C)C)c[cH-]1.FC(F)(F)c1cccc([C](=[Zr+2])c2cccc(C(F)(F)F)c2)c1.[Cl-].[Cl-]. The Kier molecular flexibility index (Phi) is 14.1. The van der Waals surface area contributed by atoms with Gasteiger partial charge in [0.1, 0.15) is 0 Å². The van der Waals surface area contributed by atoms with Crippen molar-refractivity contribution in [3.63, 3.8) is 0 Å². The van der Waals surface area contributed by atoms with E-state index < -0.39 is 23.5 Å². The third-order valence-electron chi connectivity index (χ3n) is 10.9. The van der Waals surface area contributed by atoms with E-state index in [0.29, 0.717) is 8.62 Å². The zero-order chi connectivity index (χ0) is 41.0. The molecule has 0 radical (unpaired) electrons. The van der Waals surface area contributed by atoms with E-state index in [4.69, 9.17) is 0 Å². The molecule has 5 aromatic carbocycles. The summed E-state index contributed by atoms with van der Waals surface area (Å²) in [6.45, 7) is 18.1. The number of rotatable bonds is 3. The number of fused-ring (bicyclic) bond motifs is 5. The number of hydrogen-bond donors (Lipinski definition) is 0. The molecule has 3 aliphatic carbocycles.